The van der Waals surface area contributed by atoms with Crippen LogP contribution < -0.4 is 0 Å². The summed E-state index contributed by atoms with van der Waals surface area (Å²) < 4.78 is 127. The summed E-state index contributed by atoms with van der Waals surface area (Å²) in [4.78, 5) is 20.4. The van der Waals surface area contributed by atoms with Crippen LogP contribution in [-0.2, 0) is 40.5 Å². The predicted molar refractivity (Wildman–Crippen MR) is 105 cm³/mol. The molecule has 0 radical (unpaired) electrons. The molecule has 2 rings (SSSR count). The zero-order valence-corrected chi connectivity index (χ0v) is 18.9. The smallest absolute Gasteiger partial charge is 0.294 e. The first-order valence-corrected chi connectivity index (χ1v) is 13.7. The summed E-state index contributed by atoms with van der Waals surface area (Å²) in [5.41, 5.74) is -1.57. The van der Waals surface area contributed by atoms with Crippen LogP contribution in [0.25, 0.3) is 0 Å². The molecule has 33 heavy (non-hydrogen) atoms. The molecule has 0 atom stereocenters. The van der Waals surface area contributed by atoms with E-state index in [9.17, 15) is 43.3 Å². The van der Waals surface area contributed by atoms with Crippen LogP contribution in [0.5, 0.6) is 0 Å². The molecule has 0 fully saturated rings. The maximum Gasteiger partial charge on any atom is 0.294 e. The average molecular weight is 545 g/mol. The van der Waals surface area contributed by atoms with Crippen molar-refractivity contribution in [1.82, 2.24) is 0 Å². The minimum absolute atomic E-state index is 0.331. The van der Waals surface area contributed by atoms with Gasteiger partial charge in [0.2, 0.25) is 0 Å². The molecule has 0 unspecified atom stereocenters. The molecule has 0 saturated carbocycles. The second-order valence-electron chi connectivity index (χ2n) is 6.31. The van der Waals surface area contributed by atoms with Gasteiger partial charge in [-0.1, -0.05) is 0 Å². The normalized spacial score (nSPS) is 13.0. The van der Waals surface area contributed by atoms with E-state index >= 15 is 0 Å². The molecule has 0 spiro atoms. The van der Waals surface area contributed by atoms with Crippen molar-refractivity contribution in [3.63, 3.8) is 0 Å². The maximum atomic E-state index is 12.4. The van der Waals surface area contributed by atoms with Gasteiger partial charge in [0.15, 0.2) is 11.6 Å². The van der Waals surface area contributed by atoms with Gasteiger partial charge in [-0.3, -0.25) is 27.8 Å². The summed E-state index contributed by atoms with van der Waals surface area (Å²) in [5, 5.41) is 0. The molecule has 0 bridgehead atoms. The van der Waals surface area contributed by atoms with Crippen molar-refractivity contribution >= 4 is 52.0 Å². The SMILES string of the molecule is O=C(CC(=O)c1cc(S(=O)(=O)O)cc(S(=O)(=O)O)c1)c1cc(S(=O)(=O)O)cc(S(=O)(=O)O)c1. The number of hydrogen-bond acceptors (Lipinski definition) is 10. The van der Waals surface area contributed by atoms with E-state index < -0.39 is 89.2 Å². The highest BCUT2D eigenvalue weighted by Gasteiger charge is 2.24. The number of hydrogen-bond donors (Lipinski definition) is 4. The van der Waals surface area contributed by atoms with Crippen molar-refractivity contribution in [2.24, 2.45) is 0 Å². The molecule has 0 aliphatic carbocycles. The van der Waals surface area contributed by atoms with Gasteiger partial charge in [-0.15, -0.1) is 0 Å². The van der Waals surface area contributed by atoms with Gasteiger partial charge in [0.25, 0.3) is 40.5 Å². The van der Waals surface area contributed by atoms with E-state index in [0.717, 1.165) is 0 Å². The van der Waals surface area contributed by atoms with Crippen molar-refractivity contribution in [1.29, 1.82) is 0 Å². The van der Waals surface area contributed by atoms with Crippen LogP contribution in [0, 0.1) is 0 Å². The summed E-state index contributed by atoms with van der Waals surface area (Å²) in [5.74, 6) is -2.58. The maximum absolute atomic E-state index is 12.4. The molecule has 2 aromatic carbocycles. The van der Waals surface area contributed by atoms with Crippen LogP contribution in [0.15, 0.2) is 56.0 Å². The number of carbonyl (C=O) groups excluding carboxylic acids is 2. The van der Waals surface area contributed by atoms with E-state index in [4.69, 9.17) is 18.2 Å². The summed E-state index contributed by atoms with van der Waals surface area (Å²) in [6.45, 7) is 0. The van der Waals surface area contributed by atoms with Gasteiger partial charge >= 0.3 is 0 Å². The fraction of sp³-hybridized carbons (Fsp3) is 0.0667. The first-order chi connectivity index (χ1) is 14.7. The molecule has 0 heterocycles. The Morgan fingerprint density at radius 1 is 0.485 bits per heavy atom. The second kappa shape index (κ2) is 8.65. The molecule has 0 saturated heterocycles. The molecule has 14 nitrogen and oxygen atoms in total. The number of Topliss-reactive ketones (excluding diaryl/α,β-unsaturated/α-hetero) is 2. The molecule has 18 heteroatoms. The van der Waals surface area contributed by atoms with Gasteiger partial charge in [-0.25, -0.2) is 0 Å². The zero-order valence-electron chi connectivity index (χ0n) is 15.7. The quantitative estimate of drug-likeness (QED) is 0.196. The lowest BCUT2D eigenvalue weighted by Crippen LogP contribution is -2.13. The second-order valence-corrected chi connectivity index (χ2v) is 12.0. The summed E-state index contributed by atoms with van der Waals surface area (Å²) in [7, 11) is -20.3. The van der Waals surface area contributed by atoms with Crippen molar-refractivity contribution in [3.05, 3.63) is 47.5 Å². The fourth-order valence-corrected chi connectivity index (χ4v) is 4.77. The van der Waals surface area contributed by atoms with Crippen LogP contribution in [0.3, 0.4) is 0 Å². The van der Waals surface area contributed by atoms with Gasteiger partial charge in [0.05, 0.1) is 26.0 Å². The first-order valence-electron chi connectivity index (χ1n) is 7.96. The van der Waals surface area contributed by atoms with Crippen LogP contribution in [0.4, 0.5) is 0 Å². The highest BCUT2D eigenvalue weighted by atomic mass is 32.2. The third-order valence-electron chi connectivity index (χ3n) is 3.92. The number of carbonyl (C=O) groups is 2. The van der Waals surface area contributed by atoms with Gasteiger partial charge in [0.1, 0.15) is 0 Å². The summed E-state index contributed by atoms with van der Waals surface area (Å²) >= 11 is 0. The Morgan fingerprint density at radius 2 is 0.697 bits per heavy atom. The van der Waals surface area contributed by atoms with E-state index in [1.807, 2.05) is 0 Å². The Bertz CT molecular complexity index is 1380. The lowest BCUT2D eigenvalue weighted by molar-refractivity contribution is 0.0893. The molecular formula is C15H12O14S4. The van der Waals surface area contributed by atoms with E-state index in [1.165, 1.54) is 0 Å². The van der Waals surface area contributed by atoms with Gasteiger partial charge in [-0.2, -0.15) is 33.7 Å². The van der Waals surface area contributed by atoms with Crippen molar-refractivity contribution in [3.8, 4) is 0 Å². The van der Waals surface area contributed by atoms with E-state index in [1.54, 1.807) is 0 Å². The topological polar surface area (TPSA) is 252 Å². The Labute approximate surface area is 186 Å². The molecule has 0 aliphatic rings. The number of rotatable bonds is 8. The van der Waals surface area contributed by atoms with Gasteiger partial charge in [0, 0.05) is 11.1 Å². The van der Waals surface area contributed by atoms with Gasteiger partial charge in [-0.05, 0) is 36.4 Å². The van der Waals surface area contributed by atoms with Crippen LogP contribution in [0.1, 0.15) is 27.1 Å². The third kappa shape index (κ3) is 6.71. The average Bonchev–Trinajstić information content (AvgIpc) is 2.64. The lowest BCUT2D eigenvalue weighted by Gasteiger charge is -2.08. The molecule has 0 amide bonds. The fourth-order valence-electron chi connectivity index (χ4n) is 2.41. The van der Waals surface area contributed by atoms with Crippen LogP contribution in [0.2, 0.25) is 0 Å². The van der Waals surface area contributed by atoms with Crippen molar-refractivity contribution < 1.29 is 61.5 Å². The van der Waals surface area contributed by atoms with Crippen molar-refractivity contribution in [2.75, 3.05) is 0 Å². The Morgan fingerprint density at radius 3 is 0.879 bits per heavy atom. The summed E-state index contributed by atoms with van der Waals surface area (Å²) in [6, 6.07) is 2.60. The Kier molecular flexibility index (Phi) is 6.99. The van der Waals surface area contributed by atoms with E-state index in [2.05, 4.69) is 0 Å². The molecule has 0 aromatic heterocycles. The Hall–Kier alpha value is -2.58. The van der Waals surface area contributed by atoms with E-state index in [-0.39, 0.29) is 0 Å². The minimum Gasteiger partial charge on any atom is -0.294 e. The predicted octanol–water partition coefficient (Wildman–Crippen LogP) is 0.129. The Balaban J connectivity index is 2.58. The molecular weight excluding hydrogens is 532 g/mol. The first kappa shape index (κ1) is 26.7. The standard InChI is InChI=1S/C15H12O14S4/c16-14(8-1-10(30(18,19)20)5-11(2-8)31(21,22)23)7-15(17)9-3-12(32(24,25)26)6-13(4-9)33(27,28)29/h1-6H,7H2,(H,18,19,20)(H,21,22,23)(H,24,25,26)(H,27,28,29). The van der Waals surface area contributed by atoms with E-state index in [0.29, 0.717) is 36.4 Å². The highest BCUT2D eigenvalue weighted by Crippen LogP contribution is 2.23. The van der Waals surface area contributed by atoms with Crippen LogP contribution >= 0.6 is 0 Å². The molecule has 4 N–H and O–H groups in total. The monoisotopic (exact) mass is 544 g/mol. The minimum atomic E-state index is -5.07. The number of ketones is 2. The molecule has 0 aliphatic heterocycles. The molecule has 2 aromatic rings. The highest BCUT2D eigenvalue weighted by molar-refractivity contribution is 7.87. The largest absolute Gasteiger partial charge is 0.294 e. The number of benzene rings is 2. The third-order valence-corrected chi connectivity index (χ3v) is 7.24. The lowest BCUT2D eigenvalue weighted by atomic mass is 10.0. The van der Waals surface area contributed by atoms with Gasteiger partial charge < -0.3 is 0 Å². The zero-order chi connectivity index (χ0) is 25.6. The van der Waals surface area contributed by atoms with Crippen molar-refractivity contribution in [2.45, 2.75) is 26.0 Å². The summed E-state index contributed by atoms with van der Waals surface area (Å²) in [6.07, 6.45) is -1.22. The molecule has 180 valence electrons. The van der Waals surface area contributed by atoms with Crippen LogP contribution in [-0.4, -0.2) is 63.4 Å².